The van der Waals surface area contributed by atoms with Gasteiger partial charge in [-0.05, 0) is 59.2 Å². The lowest BCUT2D eigenvalue weighted by molar-refractivity contribution is 0.111. The first-order valence-electron chi connectivity index (χ1n) is 11.5. The van der Waals surface area contributed by atoms with E-state index in [9.17, 15) is 13.2 Å². The number of aromatic nitrogens is 2. The number of ether oxygens (including phenoxy) is 1. The van der Waals surface area contributed by atoms with Crippen LogP contribution in [0.15, 0.2) is 59.8 Å². The molecule has 176 valence electrons. The molecule has 1 aromatic heterocycles. The van der Waals surface area contributed by atoms with Crippen LogP contribution in [0.5, 0.6) is 5.75 Å². The largest absolute Gasteiger partial charge is 0.493 e. The molecule has 34 heavy (non-hydrogen) atoms. The van der Waals surface area contributed by atoms with Crippen LogP contribution in [0.3, 0.4) is 0 Å². The second-order valence-electron chi connectivity index (χ2n) is 9.12. The molecular weight excluding hydrogens is 450 g/mol. The lowest BCUT2D eigenvalue weighted by Crippen LogP contribution is -2.27. The molecule has 2 aromatic carbocycles. The molecule has 1 aliphatic carbocycles. The van der Waals surface area contributed by atoms with Crippen LogP contribution in [0.25, 0.3) is 11.1 Å². The Labute approximate surface area is 199 Å². The predicted octanol–water partition coefficient (Wildman–Crippen LogP) is 3.68. The summed E-state index contributed by atoms with van der Waals surface area (Å²) < 4.78 is 29.4. The summed E-state index contributed by atoms with van der Waals surface area (Å²) in [7, 11) is -3.25. The Morgan fingerprint density at radius 1 is 1.03 bits per heavy atom. The van der Waals surface area contributed by atoms with Crippen molar-refractivity contribution in [2.45, 2.75) is 18.2 Å². The minimum Gasteiger partial charge on any atom is -0.493 e. The van der Waals surface area contributed by atoms with E-state index in [-0.39, 0.29) is 4.90 Å². The summed E-state index contributed by atoms with van der Waals surface area (Å²) in [4.78, 5) is 23.2. The van der Waals surface area contributed by atoms with Gasteiger partial charge in [0.25, 0.3) is 0 Å². The number of rotatable bonds is 8. The van der Waals surface area contributed by atoms with Gasteiger partial charge in [0.2, 0.25) is 5.95 Å². The fourth-order valence-electron chi connectivity index (χ4n) is 4.79. The average Bonchev–Trinajstić information content (AvgIpc) is 3.30. The normalized spacial score (nSPS) is 21.2. The lowest BCUT2D eigenvalue weighted by atomic mass is 10.0. The third-order valence-electron chi connectivity index (χ3n) is 6.94. The molecule has 0 bridgehead atoms. The Kier molecular flexibility index (Phi) is 5.85. The molecule has 1 saturated carbocycles. The Morgan fingerprint density at radius 3 is 2.26 bits per heavy atom. The van der Waals surface area contributed by atoms with Gasteiger partial charge in [-0.15, -0.1) is 0 Å². The maximum absolute atomic E-state index is 11.7. The number of hydrogen-bond acceptors (Lipinski definition) is 7. The number of piperidine rings is 1. The van der Waals surface area contributed by atoms with Crippen molar-refractivity contribution in [2.24, 2.45) is 17.8 Å². The fourth-order valence-corrected chi connectivity index (χ4v) is 5.42. The topological polar surface area (TPSA) is 89.5 Å². The van der Waals surface area contributed by atoms with E-state index in [2.05, 4.69) is 21.8 Å². The first-order valence-corrected chi connectivity index (χ1v) is 13.3. The van der Waals surface area contributed by atoms with Crippen molar-refractivity contribution in [1.29, 1.82) is 0 Å². The molecule has 1 saturated heterocycles. The van der Waals surface area contributed by atoms with Gasteiger partial charge in [0.05, 0.1) is 17.1 Å². The van der Waals surface area contributed by atoms with Gasteiger partial charge < -0.3 is 9.64 Å². The maximum atomic E-state index is 11.7. The van der Waals surface area contributed by atoms with E-state index < -0.39 is 9.84 Å². The number of aldehydes is 1. The van der Waals surface area contributed by atoms with Crippen molar-refractivity contribution in [2.75, 3.05) is 30.9 Å². The number of benzene rings is 2. The van der Waals surface area contributed by atoms with E-state index in [1.165, 1.54) is 6.26 Å². The van der Waals surface area contributed by atoms with E-state index >= 15 is 0 Å². The van der Waals surface area contributed by atoms with Crippen molar-refractivity contribution >= 4 is 22.1 Å². The Bertz CT molecular complexity index is 1290. The molecule has 2 fully saturated rings. The summed E-state index contributed by atoms with van der Waals surface area (Å²) in [6, 6.07) is 12.1. The number of aryl methyl sites for hydroxylation is 1. The van der Waals surface area contributed by atoms with E-state index in [0.717, 1.165) is 48.4 Å². The van der Waals surface area contributed by atoms with Gasteiger partial charge in [0.1, 0.15) is 5.75 Å². The SMILES string of the molecule is CCc1cnc(N2CC3C(COc4ccc(-c5ccc(S(C)(=O)=O)cc5)cc4C=O)[C@@H]3C2)nc1. The van der Waals surface area contributed by atoms with Gasteiger partial charge in [0, 0.05) is 37.7 Å². The summed E-state index contributed by atoms with van der Waals surface area (Å²) >= 11 is 0. The lowest BCUT2D eigenvalue weighted by Gasteiger charge is -2.20. The van der Waals surface area contributed by atoms with Crippen molar-refractivity contribution in [1.82, 2.24) is 9.97 Å². The predicted molar refractivity (Wildman–Crippen MR) is 130 cm³/mol. The minimum absolute atomic E-state index is 0.268. The van der Waals surface area contributed by atoms with Gasteiger partial charge >= 0.3 is 0 Å². The quantitative estimate of drug-likeness (QED) is 0.457. The Hall–Kier alpha value is -3.26. The van der Waals surface area contributed by atoms with Crippen LogP contribution in [0.2, 0.25) is 0 Å². The molecule has 3 aromatic rings. The standard InChI is InChI=1S/C26H27N3O4S/c1-3-17-11-27-26(28-12-17)29-13-22-23(14-29)24(22)16-33-25-9-6-19(10-20(25)15-30)18-4-7-21(8-5-18)34(2,31)32/h4-12,15,22-24H,3,13-14,16H2,1-2H3/t22-,23?,24?/m1/s1. The van der Waals surface area contributed by atoms with Crippen molar-refractivity contribution in [3.05, 3.63) is 66.0 Å². The molecule has 0 radical (unpaired) electrons. The molecule has 0 N–H and O–H groups in total. The summed E-state index contributed by atoms with van der Waals surface area (Å²) in [6.07, 6.45) is 6.72. The van der Waals surface area contributed by atoms with E-state index in [0.29, 0.717) is 35.7 Å². The molecular formula is C26H27N3O4S. The average molecular weight is 478 g/mol. The highest BCUT2D eigenvalue weighted by atomic mass is 32.2. The number of carbonyl (C=O) groups excluding carboxylic acids is 1. The van der Waals surface area contributed by atoms with Gasteiger partial charge in [-0.1, -0.05) is 25.1 Å². The summed E-state index contributed by atoms with van der Waals surface area (Å²) in [5, 5.41) is 0. The van der Waals surface area contributed by atoms with Crippen LogP contribution in [0, 0.1) is 17.8 Å². The molecule has 2 aliphatic rings. The molecule has 2 unspecified atom stereocenters. The van der Waals surface area contributed by atoms with Crippen LogP contribution < -0.4 is 9.64 Å². The van der Waals surface area contributed by atoms with Gasteiger partial charge in [0.15, 0.2) is 16.1 Å². The molecule has 0 spiro atoms. The Morgan fingerprint density at radius 2 is 1.68 bits per heavy atom. The molecule has 5 rings (SSSR count). The highest BCUT2D eigenvalue weighted by molar-refractivity contribution is 7.90. The smallest absolute Gasteiger partial charge is 0.225 e. The van der Waals surface area contributed by atoms with E-state index in [1.54, 1.807) is 30.3 Å². The number of nitrogens with zero attached hydrogens (tertiary/aromatic N) is 3. The van der Waals surface area contributed by atoms with Crippen molar-refractivity contribution in [3.63, 3.8) is 0 Å². The molecule has 8 heteroatoms. The highest BCUT2D eigenvalue weighted by Crippen LogP contribution is 2.52. The number of anilines is 1. The monoisotopic (exact) mass is 477 g/mol. The maximum Gasteiger partial charge on any atom is 0.225 e. The van der Waals surface area contributed by atoms with E-state index in [4.69, 9.17) is 4.74 Å². The fraction of sp³-hybridized carbons (Fsp3) is 0.346. The highest BCUT2D eigenvalue weighted by Gasteiger charge is 2.56. The zero-order valence-corrected chi connectivity index (χ0v) is 20.0. The van der Waals surface area contributed by atoms with Crippen molar-refractivity contribution < 1.29 is 17.9 Å². The zero-order valence-electron chi connectivity index (χ0n) is 19.2. The van der Waals surface area contributed by atoms with Crippen LogP contribution in [0.1, 0.15) is 22.8 Å². The van der Waals surface area contributed by atoms with Crippen LogP contribution in [0.4, 0.5) is 5.95 Å². The third kappa shape index (κ3) is 4.42. The first kappa shape index (κ1) is 22.5. The van der Waals surface area contributed by atoms with Crippen molar-refractivity contribution in [3.8, 4) is 16.9 Å². The van der Waals surface area contributed by atoms with E-state index in [1.807, 2.05) is 24.5 Å². The van der Waals surface area contributed by atoms with Gasteiger partial charge in [-0.3, -0.25) is 4.79 Å². The first-order chi connectivity index (χ1) is 16.4. The van der Waals surface area contributed by atoms with Crippen LogP contribution in [-0.4, -0.2) is 50.6 Å². The summed E-state index contributed by atoms with van der Waals surface area (Å²) in [6.45, 7) is 4.55. The molecule has 3 atom stereocenters. The van der Waals surface area contributed by atoms with Gasteiger partial charge in [-0.2, -0.15) is 0 Å². The summed E-state index contributed by atoms with van der Waals surface area (Å²) in [5.41, 5.74) is 3.31. The number of sulfone groups is 1. The second kappa shape index (κ2) is 8.83. The third-order valence-corrected chi connectivity index (χ3v) is 8.07. The molecule has 7 nitrogen and oxygen atoms in total. The zero-order chi connectivity index (χ0) is 23.9. The number of hydrogen-bond donors (Lipinski definition) is 0. The second-order valence-corrected chi connectivity index (χ2v) is 11.1. The number of carbonyl (C=O) groups is 1. The summed E-state index contributed by atoms with van der Waals surface area (Å²) in [5.74, 6) is 3.00. The Balaban J connectivity index is 1.20. The molecule has 2 heterocycles. The number of fused-ring (bicyclic) bond motifs is 1. The molecule has 0 amide bonds. The minimum atomic E-state index is -3.25. The van der Waals surface area contributed by atoms with Gasteiger partial charge in [-0.25, -0.2) is 18.4 Å². The van der Waals surface area contributed by atoms with Crippen LogP contribution in [-0.2, 0) is 16.3 Å². The van der Waals surface area contributed by atoms with Crippen LogP contribution >= 0.6 is 0 Å². The molecule has 1 aliphatic heterocycles.